The van der Waals surface area contributed by atoms with Crippen LogP contribution >= 0.6 is 15.9 Å². The maximum Gasteiger partial charge on any atom is 0.424 e. The standard InChI is InChI=1S/C22H24BrF3N2O7/c1-13(29)35-15(11-31-2)9-28-19(23)18(22(24,25)26)20(27-28)34-10-14-7-5-6-8-16(14)17(12-32-3)21(30)33-4/h5-8,12,15H,9-11H2,1-4H3/b17-12+. The third kappa shape index (κ3) is 7.46. The van der Waals surface area contributed by atoms with E-state index in [1.54, 1.807) is 24.3 Å². The first-order chi connectivity index (χ1) is 16.5. The first-order valence-corrected chi connectivity index (χ1v) is 10.8. The molecule has 0 fully saturated rings. The molecular weight excluding hydrogens is 541 g/mol. The summed E-state index contributed by atoms with van der Waals surface area (Å²) in [7, 11) is 3.90. The van der Waals surface area contributed by atoms with E-state index in [1.165, 1.54) is 34.5 Å². The lowest BCUT2D eigenvalue weighted by Gasteiger charge is -2.16. The number of halogens is 4. The molecule has 0 amide bonds. The minimum atomic E-state index is -4.81. The predicted octanol–water partition coefficient (Wildman–Crippen LogP) is 3.98. The van der Waals surface area contributed by atoms with E-state index < -0.39 is 40.3 Å². The van der Waals surface area contributed by atoms with Crippen LogP contribution in [0.2, 0.25) is 0 Å². The van der Waals surface area contributed by atoms with Gasteiger partial charge in [-0.2, -0.15) is 13.2 Å². The monoisotopic (exact) mass is 564 g/mol. The lowest BCUT2D eigenvalue weighted by Crippen LogP contribution is -2.27. The van der Waals surface area contributed by atoms with Gasteiger partial charge in [0.25, 0.3) is 0 Å². The van der Waals surface area contributed by atoms with E-state index in [4.69, 9.17) is 23.7 Å². The first kappa shape index (κ1) is 28.2. The van der Waals surface area contributed by atoms with Crippen molar-refractivity contribution in [3.8, 4) is 5.88 Å². The minimum absolute atomic E-state index is 0.0562. The van der Waals surface area contributed by atoms with Crippen molar-refractivity contribution in [3.05, 3.63) is 51.8 Å². The Balaban J connectivity index is 2.41. The number of rotatable bonds is 11. The summed E-state index contributed by atoms with van der Waals surface area (Å²) in [6.45, 7) is 0.541. The Kier molecular flexibility index (Phi) is 10.1. The number of ether oxygens (including phenoxy) is 5. The van der Waals surface area contributed by atoms with Crippen molar-refractivity contribution in [2.24, 2.45) is 0 Å². The van der Waals surface area contributed by atoms with Crippen molar-refractivity contribution in [2.45, 2.75) is 32.4 Å². The third-order valence-corrected chi connectivity index (χ3v) is 5.32. The number of esters is 2. The maximum absolute atomic E-state index is 13.8. The largest absolute Gasteiger partial charge is 0.503 e. The van der Waals surface area contributed by atoms with Crippen LogP contribution < -0.4 is 4.74 Å². The van der Waals surface area contributed by atoms with Gasteiger partial charge < -0.3 is 23.7 Å². The fraction of sp³-hybridized carbons (Fsp3) is 0.409. The van der Waals surface area contributed by atoms with Crippen LogP contribution in [-0.2, 0) is 47.9 Å². The van der Waals surface area contributed by atoms with E-state index in [0.29, 0.717) is 11.1 Å². The molecule has 192 valence electrons. The summed E-state index contributed by atoms with van der Waals surface area (Å²) < 4.78 is 67.3. The number of hydrogen-bond acceptors (Lipinski definition) is 8. The first-order valence-electron chi connectivity index (χ1n) is 10.0. The molecule has 0 bridgehead atoms. The molecule has 2 rings (SSSR count). The molecule has 1 heterocycles. The molecule has 1 aromatic heterocycles. The van der Waals surface area contributed by atoms with Gasteiger partial charge in [0.1, 0.15) is 22.9 Å². The molecule has 35 heavy (non-hydrogen) atoms. The molecule has 0 aliphatic heterocycles. The van der Waals surface area contributed by atoms with E-state index in [0.717, 1.165) is 4.68 Å². The van der Waals surface area contributed by atoms with Crippen LogP contribution in [-0.4, -0.2) is 55.8 Å². The van der Waals surface area contributed by atoms with Crippen LogP contribution in [0.5, 0.6) is 5.88 Å². The molecular formula is C22H24BrF3N2O7. The topological polar surface area (TPSA) is 98.1 Å². The van der Waals surface area contributed by atoms with Crippen LogP contribution in [0, 0.1) is 0 Å². The zero-order valence-electron chi connectivity index (χ0n) is 19.3. The van der Waals surface area contributed by atoms with Crippen LogP contribution in [0.4, 0.5) is 13.2 Å². The van der Waals surface area contributed by atoms with Crippen molar-refractivity contribution < 1.29 is 46.4 Å². The molecule has 13 heteroatoms. The third-order valence-electron chi connectivity index (χ3n) is 4.52. The summed E-state index contributed by atoms with van der Waals surface area (Å²) >= 11 is 2.93. The van der Waals surface area contributed by atoms with Gasteiger partial charge in [-0.25, -0.2) is 4.79 Å². The molecule has 0 aliphatic rings. The summed E-state index contributed by atoms with van der Waals surface area (Å²) in [5.74, 6) is -2.02. The summed E-state index contributed by atoms with van der Waals surface area (Å²) in [6, 6.07) is 6.44. The number of aromatic nitrogens is 2. The van der Waals surface area contributed by atoms with Gasteiger partial charge in [0.2, 0.25) is 5.88 Å². The van der Waals surface area contributed by atoms with E-state index >= 15 is 0 Å². The number of carbonyl (C=O) groups is 2. The quantitative estimate of drug-likeness (QED) is 0.229. The van der Waals surface area contributed by atoms with Gasteiger partial charge in [-0.05, 0) is 27.1 Å². The Morgan fingerprint density at radius 2 is 1.89 bits per heavy atom. The molecule has 0 saturated carbocycles. The highest BCUT2D eigenvalue weighted by Crippen LogP contribution is 2.41. The normalized spacial score (nSPS) is 12.7. The van der Waals surface area contributed by atoms with Gasteiger partial charge in [0.15, 0.2) is 5.56 Å². The molecule has 0 saturated heterocycles. The van der Waals surface area contributed by atoms with E-state index in [9.17, 15) is 22.8 Å². The fourth-order valence-electron chi connectivity index (χ4n) is 3.12. The number of nitrogens with zero attached hydrogens (tertiary/aromatic N) is 2. The molecule has 1 aromatic carbocycles. The van der Waals surface area contributed by atoms with Gasteiger partial charge in [0.05, 0.1) is 33.6 Å². The van der Waals surface area contributed by atoms with Gasteiger partial charge in [0, 0.05) is 14.0 Å². The van der Waals surface area contributed by atoms with Gasteiger partial charge in [-0.1, -0.05) is 24.3 Å². The second-order valence-corrected chi connectivity index (χ2v) is 7.79. The number of methoxy groups -OCH3 is 3. The SMILES string of the molecule is CO/C=C(/C(=O)OC)c1ccccc1COc1nn(CC(COC)OC(C)=O)c(Br)c1C(F)(F)F. The van der Waals surface area contributed by atoms with Crippen LogP contribution in [0.25, 0.3) is 5.57 Å². The molecule has 0 radical (unpaired) electrons. The minimum Gasteiger partial charge on any atom is -0.503 e. The van der Waals surface area contributed by atoms with Gasteiger partial charge in [-0.15, -0.1) is 5.10 Å². The second-order valence-electron chi connectivity index (χ2n) is 7.04. The fourth-order valence-corrected chi connectivity index (χ4v) is 3.74. The zero-order chi connectivity index (χ0) is 26.2. The average molecular weight is 565 g/mol. The molecule has 0 aliphatic carbocycles. The van der Waals surface area contributed by atoms with Crippen molar-refractivity contribution in [1.82, 2.24) is 9.78 Å². The maximum atomic E-state index is 13.8. The van der Waals surface area contributed by atoms with Crippen LogP contribution in [0.1, 0.15) is 23.6 Å². The van der Waals surface area contributed by atoms with Crippen LogP contribution in [0.3, 0.4) is 0 Å². The van der Waals surface area contributed by atoms with Crippen LogP contribution in [0.15, 0.2) is 35.1 Å². The highest BCUT2D eigenvalue weighted by molar-refractivity contribution is 9.10. The average Bonchev–Trinajstić information content (AvgIpc) is 3.10. The number of hydrogen-bond donors (Lipinski definition) is 0. The van der Waals surface area contributed by atoms with Crippen molar-refractivity contribution in [2.75, 3.05) is 27.9 Å². The van der Waals surface area contributed by atoms with E-state index in [-0.39, 0.29) is 25.3 Å². The van der Waals surface area contributed by atoms with E-state index in [1.807, 2.05) is 0 Å². The van der Waals surface area contributed by atoms with Crippen molar-refractivity contribution in [1.29, 1.82) is 0 Å². The summed E-state index contributed by atoms with van der Waals surface area (Å²) in [6.07, 6.45) is -4.52. The number of alkyl halides is 3. The molecule has 0 spiro atoms. The zero-order valence-corrected chi connectivity index (χ0v) is 20.9. The van der Waals surface area contributed by atoms with Gasteiger partial charge in [-0.3, -0.25) is 9.48 Å². The Hall–Kier alpha value is -3.06. The number of carbonyl (C=O) groups excluding carboxylic acids is 2. The summed E-state index contributed by atoms with van der Waals surface area (Å²) in [4.78, 5) is 23.5. The van der Waals surface area contributed by atoms with Crippen molar-refractivity contribution in [3.63, 3.8) is 0 Å². The second kappa shape index (κ2) is 12.6. The predicted molar refractivity (Wildman–Crippen MR) is 120 cm³/mol. The molecule has 0 N–H and O–H groups in total. The Morgan fingerprint density at radius 1 is 1.20 bits per heavy atom. The van der Waals surface area contributed by atoms with E-state index in [2.05, 4.69) is 21.0 Å². The molecule has 2 aromatic rings. The molecule has 9 nitrogen and oxygen atoms in total. The summed E-state index contributed by atoms with van der Waals surface area (Å²) in [5, 5.41) is 3.93. The van der Waals surface area contributed by atoms with Gasteiger partial charge >= 0.3 is 18.1 Å². The highest BCUT2D eigenvalue weighted by atomic mass is 79.9. The highest BCUT2D eigenvalue weighted by Gasteiger charge is 2.41. The Labute approximate surface area is 207 Å². The number of benzene rings is 1. The lowest BCUT2D eigenvalue weighted by atomic mass is 10.0. The van der Waals surface area contributed by atoms with Crippen molar-refractivity contribution >= 4 is 33.4 Å². The Bertz CT molecular complexity index is 1070. The Morgan fingerprint density at radius 3 is 2.46 bits per heavy atom. The smallest absolute Gasteiger partial charge is 0.424 e. The lowest BCUT2D eigenvalue weighted by molar-refractivity contribution is -0.150. The molecule has 1 unspecified atom stereocenters. The molecule has 1 atom stereocenters. The summed E-state index contributed by atoms with van der Waals surface area (Å²) in [5.41, 5.74) is -0.351.